The van der Waals surface area contributed by atoms with E-state index >= 15 is 0 Å². The molecule has 0 saturated carbocycles. The SMILES string of the molecule is NC[C@@H](O)[C@H](O)COP(=O)(O)O. The van der Waals surface area contributed by atoms with Crippen molar-refractivity contribution in [3.05, 3.63) is 0 Å². The first kappa shape index (κ1) is 12.0. The molecule has 0 aliphatic heterocycles. The fraction of sp³-hybridized carbons (Fsp3) is 1.00. The molecule has 0 fully saturated rings. The van der Waals surface area contributed by atoms with E-state index in [1.807, 2.05) is 0 Å². The van der Waals surface area contributed by atoms with Crippen molar-refractivity contribution in [2.75, 3.05) is 13.2 Å². The summed E-state index contributed by atoms with van der Waals surface area (Å²) < 4.78 is 14.0. The summed E-state index contributed by atoms with van der Waals surface area (Å²) in [6.07, 6.45) is -2.63. The predicted molar refractivity (Wildman–Crippen MR) is 39.1 cm³/mol. The van der Waals surface area contributed by atoms with Crippen molar-refractivity contribution in [2.24, 2.45) is 5.73 Å². The van der Waals surface area contributed by atoms with Crippen molar-refractivity contribution >= 4 is 7.82 Å². The van der Waals surface area contributed by atoms with E-state index in [0.717, 1.165) is 0 Å². The molecular formula is C4H12NO6P. The van der Waals surface area contributed by atoms with Crippen molar-refractivity contribution in [1.29, 1.82) is 0 Å². The molecule has 8 heteroatoms. The van der Waals surface area contributed by atoms with Gasteiger partial charge < -0.3 is 25.7 Å². The molecule has 0 aromatic carbocycles. The van der Waals surface area contributed by atoms with Gasteiger partial charge in [0.1, 0.15) is 6.10 Å². The number of hydrogen-bond donors (Lipinski definition) is 5. The third kappa shape index (κ3) is 5.62. The second-order valence-corrected chi connectivity index (χ2v) is 3.40. The number of rotatable bonds is 5. The standard InChI is InChI=1S/C4H12NO6P/c5-1-3(6)4(7)2-11-12(8,9)10/h3-4,6-7H,1-2,5H2,(H2,8,9,10)/t3-,4-/m1/s1. The molecule has 0 amide bonds. The third-order valence-corrected chi connectivity index (χ3v) is 1.58. The van der Waals surface area contributed by atoms with Crippen LogP contribution in [0.15, 0.2) is 0 Å². The van der Waals surface area contributed by atoms with Gasteiger partial charge in [0.15, 0.2) is 0 Å². The molecule has 2 atom stereocenters. The van der Waals surface area contributed by atoms with Gasteiger partial charge in [0.05, 0.1) is 12.7 Å². The average molecular weight is 201 g/mol. The minimum atomic E-state index is -4.58. The molecule has 0 bridgehead atoms. The Balaban J connectivity index is 3.71. The van der Waals surface area contributed by atoms with Crippen LogP contribution in [-0.4, -0.2) is 45.4 Å². The Morgan fingerprint density at radius 1 is 1.33 bits per heavy atom. The zero-order valence-corrected chi connectivity index (χ0v) is 7.09. The van der Waals surface area contributed by atoms with Crippen LogP contribution in [0.4, 0.5) is 0 Å². The molecule has 0 radical (unpaired) electrons. The zero-order chi connectivity index (χ0) is 9.78. The second kappa shape index (κ2) is 4.88. The number of nitrogens with two attached hydrogens (primary N) is 1. The van der Waals surface area contributed by atoms with Gasteiger partial charge in [-0.25, -0.2) is 4.57 Å². The molecule has 0 aromatic heterocycles. The average Bonchev–Trinajstić information content (AvgIpc) is 1.97. The van der Waals surface area contributed by atoms with E-state index in [4.69, 9.17) is 25.7 Å². The molecular weight excluding hydrogens is 189 g/mol. The minimum Gasteiger partial charge on any atom is -0.389 e. The highest BCUT2D eigenvalue weighted by atomic mass is 31.2. The Morgan fingerprint density at radius 2 is 1.83 bits per heavy atom. The summed E-state index contributed by atoms with van der Waals surface area (Å²) in [5.74, 6) is 0. The minimum absolute atomic E-state index is 0.203. The Labute approximate surface area is 69.0 Å². The lowest BCUT2D eigenvalue weighted by molar-refractivity contribution is -0.00892. The number of hydrogen-bond acceptors (Lipinski definition) is 5. The van der Waals surface area contributed by atoms with Crippen molar-refractivity contribution in [1.82, 2.24) is 0 Å². The highest BCUT2D eigenvalue weighted by Gasteiger charge is 2.20. The van der Waals surface area contributed by atoms with Gasteiger partial charge >= 0.3 is 7.82 Å². The van der Waals surface area contributed by atoms with Crippen LogP contribution in [0.1, 0.15) is 0 Å². The smallest absolute Gasteiger partial charge is 0.389 e. The molecule has 0 saturated heterocycles. The summed E-state index contributed by atoms with van der Waals surface area (Å²) in [6, 6.07) is 0. The fourth-order valence-electron chi connectivity index (χ4n) is 0.442. The van der Waals surface area contributed by atoms with Crippen LogP contribution in [0, 0.1) is 0 Å². The maximum absolute atomic E-state index is 10.1. The maximum Gasteiger partial charge on any atom is 0.469 e. The highest BCUT2D eigenvalue weighted by Crippen LogP contribution is 2.35. The van der Waals surface area contributed by atoms with Gasteiger partial charge in [-0.15, -0.1) is 0 Å². The molecule has 0 heterocycles. The molecule has 0 aliphatic carbocycles. The maximum atomic E-state index is 10.1. The third-order valence-electron chi connectivity index (χ3n) is 1.10. The van der Waals surface area contributed by atoms with Crippen LogP contribution in [0.25, 0.3) is 0 Å². The summed E-state index contributed by atoms with van der Waals surface area (Å²) in [4.78, 5) is 16.4. The summed E-state index contributed by atoms with van der Waals surface area (Å²) in [7, 11) is -4.58. The molecule has 0 aliphatic rings. The normalized spacial score (nSPS) is 17.4. The Morgan fingerprint density at radius 3 is 2.17 bits per heavy atom. The lowest BCUT2D eigenvalue weighted by Gasteiger charge is -2.15. The summed E-state index contributed by atoms with van der Waals surface area (Å²) in [5.41, 5.74) is 4.95. The molecule has 12 heavy (non-hydrogen) atoms. The molecule has 0 aromatic rings. The first-order chi connectivity index (χ1) is 5.37. The summed E-state index contributed by atoms with van der Waals surface area (Å²) in [6.45, 7) is -0.853. The van der Waals surface area contributed by atoms with Gasteiger partial charge in [-0.3, -0.25) is 4.52 Å². The number of phosphoric ester groups is 1. The molecule has 0 rings (SSSR count). The topological polar surface area (TPSA) is 133 Å². The van der Waals surface area contributed by atoms with Gasteiger partial charge in [-0.1, -0.05) is 0 Å². The number of aliphatic hydroxyl groups is 2. The lowest BCUT2D eigenvalue weighted by Crippen LogP contribution is -2.36. The van der Waals surface area contributed by atoms with Crippen molar-refractivity contribution in [2.45, 2.75) is 12.2 Å². The van der Waals surface area contributed by atoms with Crippen LogP contribution in [0.5, 0.6) is 0 Å². The van der Waals surface area contributed by atoms with Crippen LogP contribution in [0.3, 0.4) is 0 Å². The van der Waals surface area contributed by atoms with Gasteiger partial charge in [0.25, 0.3) is 0 Å². The highest BCUT2D eigenvalue weighted by molar-refractivity contribution is 7.46. The van der Waals surface area contributed by atoms with E-state index < -0.39 is 26.6 Å². The Hall–Kier alpha value is -0.0100. The van der Waals surface area contributed by atoms with E-state index in [2.05, 4.69) is 4.52 Å². The zero-order valence-electron chi connectivity index (χ0n) is 6.20. The Bertz CT molecular complexity index is 169. The number of aliphatic hydroxyl groups excluding tert-OH is 2. The second-order valence-electron chi connectivity index (χ2n) is 2.16. The van der Waals surface area contributed by atoms with E-state index in [1.54, 1.807) is 0 Å². The predicted octanol–water partition coefficient (Wildman–Crippen LogP) is -2.22. The largest absolute Gasteiger partial charge is 0.469 e. The van der Waals surface area contributed by atoms with E-state index in [1.165, 1.54) is 0 Å². The van der Waals surface area contributed by atoms with E-state index in [-0.39, 0.29) is 6.54 Å². The van der Waals surface area contributed by atoms with Crippen molar-refractivity contribution in [3.8, 4) is 0 Å². The van der Waals surface area contributed by atoms with Gasteiger partial charge in [0, 0.05) is 6.54 Å². The number of phosphoric acid groups is 1. The molecule has 6 N–H and O–H groups in total. The lowest BCUT2D eigenvalue weighted by atomic mass is 10.2. The van der Waals surface area contributed by atoms with Gasteiger partial charge in [-0.05, 0) is 0 Å². The first-order valence-electron chi connectivity index (χ1n) is 3.13. The molecule has 7 nitrogen and oxygen atoms in total. The summed E-state index contributed by atoms with van der Waals surface area (Å²) >= 11 is 0. The van der Waals surface area contributed by atoms with E-state index in [0.29, 0.717) is 0 Å². The first-order valence-corrected chi connectivity index (χ1v) is 4.66. The molecule has 0 spiro atoms. The van der Waals surface area contributed by atoms with E-state index in [9.17, 15) is 4.57 Å². The van der Waals surface area contributed by atoms with Crippen LogP contribution in [0.2, 0.25) is 0 Å². The Kier molecular flexibility index (Phi) is 4.88. The monoisotopic (exact) mass is 201 g/mol. The van der Waals surface area contributed by atoms with Crippen molar-refractivity contribution in [3.63, 3.8) is 0 Å². The quantitative estimate of drug-likeness (QED) is 0.318. The fourth-order valence-corrected chi connectivity index (χ4v) is 0.789. The van der Waals surface area contributed by atoms with Gasteiger partial charge in [0.2, 0.25) is 0 Å². The molecule has 0 unspecified atom stereocenters. The van der Waals surface area contributed by atoms with Crippen LogP contribution >= 0.6 is 7.82 Å². The summed E-state index contributed by atoms with van der Waals surface area (Å²) in [5, 5.41) is 17.7. The van der Waals surface area contributed by atoms with Crippen molar-refractivity contribution < 1.29 is 29.1 Å². The van der Waals surface area contributed by atoms with Crippen LogP contribution < -0.4 is 5.73 Å². The molecule has 74 valence electrons. The van der Waals surface area contributed by atoms with Gasteiger partial charge in [-0.2, -0.15) is 0 Å². The van der Waals surface area contributed by atoms with Crippen LogP contribution in [-0.2, 0) is 9.09 Å².